The van der Waals surface area contributed by atoms with E-state index >= 15 is 0 Å². The highest BCUT2D eigenvalue weighted by atomic mass is 32.2. The first kappa shape index (κ1) is 17.5. The summed E-state index contributed by atoms with van der Waals surface area (Å²) < 4.78 is 40.1. The first-order valence-corrected chi connectivity index (χ1v) is 9.79. The standard InChI is InChI=1S/C15H18N4O4S2/c1-5-13-17-19-14(9(2)16-15(19)24-13)25(20,21)18-11-7-6-10(22-3)8-12(11)23-4/h6-8,18H,5H2,1-4H3. The average molecular weight is 382 g/mol. The molecule has 25 heavy (non-hydrogen) atoms. The van der Waals surface area contributed by atoms with Gasteiger partial charge in [0.1, 0.15) is 16.5 Å². The van der Waals surface area contributed by atoms with Crippen molar-refractivity contribution in [3.8, 4) is 11.5 Å². The van der Waals surface area contributed by atoms with E-state index in [2.05, 4.69) is 14.8 Å². The monoisotopic (exact) mass is 382 g/mol. The van der Waals surface area contributed by atoms with Gasteiger partial charge in [-0.05, 0) is 25.5 Å². The van der Waals surface area contributed by atoms with Gasteiger partial charge >= 0.3 is 0 Å². The molecule has 0 bridgehead atoms. The van der Waals surface area contributed by atoms with Gasteiger partial charge in [-0.3, -0.25) is 4.72 Å². The number of benzene rings is 1. The summed E-state index contributed by atoms with van der Waals surface area (Å²) in [6, 6.07) is 4.84. The number of ether oxygens (including phenoxy) is 2. The minimum atomic E-state index is -3.90. The average Bonchev–Trinajstić information content (AvgIpc) is 3.10. The van der Waals surface area contributed by atoms with Gasteiger partial charge in [-0.15, -0.1) is 0 Å². The van der Waals surface area contributed by atoms with Gasteiger partial charge < -0.3 is 9.47 Å². The molecule has 3 aromatic rings. The Labute approximate surface area is 149 Å². The highest BCUT2D eigenvalue weighted by Gasteiger charge is 2.26. The van der Waals surface area contributed by atoms with E-state index in [0.717, 1.165) is 5.01 Å². The predicted molar refractivity (Wildman–Crippen MR) is 95.3 cm³/mol. The number of rotatable bonds is 6. The number of sulfonamides is 1. The van der Waals surface area contributed by atoms with E-state index in [0.29, 0.717) is 34.3 Å². The fraction of sp³-hybridized carbons (Fsp3) is 0.333. The highest BCUT2D eigenvalue weighted by Crippen LogP contribution is 2.32. The van der Waals surface area contributed by atoms with E-state index in [4.69, 9.17) is 9.47 Å². The first-order valence-electron chi connectivity index (χ1n) is 7.49. The van der Waals surface area contributed by atoms with Gasteiger partial charge in [0.25, 0.3) is 10.0 Å². The van der Waals surface area contributed by atoms with Crippen molar-refractivity contribution in [2.75, 3.05) is 18.9 Å². The Morgan fingerprint density at radius 3 is 2.68 bits per heavy atom. The third kappa shape index (κ3) is 3.14. The minimum absolute atomic E-state index is 0.0244. The van der Waals surface area contributed by atoms with Gasteiger partial charge in [0.05, 0.1) is 25.6 Å². The zero-order chi connectivity index (χ0) is 18.2. The van der Waals surface area contributed by atoms with Crippen molar-refractivity contribution < 1.29 is 17.9 Å². The summed E-state index contributed by atoms with van der Waals surface area (Å²) in [5.74, 6) is 0.920. The molecule has 0 saturated carbocycles. The van der Waals surface area contributed by atoms with Gasteiger partial charge in [-0.2, -0.15) is 18.0 Å². The van der Waals surface area contributed by atoms with E-state index in [-0.39, 0.29) is 5.03 Å². The van der Waals surface area contributed by atoms with Crippen LogP contribution in [0.3, 0.4) is 0 Å². The fourth-order valence-corrected chi connectivity index (χ4v) is 4.68. The normalized spacial score (nSPS) is 11.7. The maximum Gasteiger partial charge on any atom is 0.281 e. The van der Waals surface area contributed by atoms with E-state index in [1.54, 1.807) is 25.1 Å². The van der Waals surface area contributed by atoms with E-state index in [1.807, 2.05) is 6.92 Å². The van der Waals surface area contributed by atoms with Gasteiger partial charge in [0.15, 0.2) is 0 Å². The number of fused-ring (bicyclic) bond motifs is 1. The van der Waals surface area contributed by atoms with Gasteiger partial charge in [0, 0.05) is 6.07 Å². The summed E-state index contributed by atoms with van der Waals surface area (Å²) in [5.41, 5.74) is 0.699. The molecule has 1 N–H and O–H groups in total. The van der Waals surface area contributed by atoms with E-state index < -0.39 is 10.0 Å². The Balaban J connectivity index is 2.06. The number of aromatic nitrogens is 3. The molecule has 0 fully saturated rings. The van der Waals surface area contributed by atoms with Crippen molar-refractivity contribution >= 4 is 32.0 Å². The highest BCUT2D eigenvalue weighted by molar-refractivity contribution is 7.92. The lowest BCUT2D eigenvalue weighted by Crippen LogP contribution is -2.17. The SMILES string of the molecule is CCc1nn2c(S(=O)(=O)Nc3ccc(OC)cc3OC)c(C)nc2s1. The molecule has 134 valence electrons. The molecule has 1 aromatic carbocycles. The van der Waals surface area contributed by atoms with Crippen molar-refractivity contribution in [2.24, 2.45) is 0 Å². The summed E-state index contributed by atoms with van der Waals surface area (Å²) in [5, 5.41) is 5.18. The zero-order valence-corrected chi connectivity index (χ0v) is 15.9. The smallest absolute Gasteiger partial charge is 0.281 e. The van der Waals surface area contributed by atoms with Crippen molar-refractivity contribution in [1.82, 2.24) is 14.6 Å². The summed E-state index contributed by atoms with van der Waals surface area (Å²) in [4.78, 5) is 4.86. The molecular formula is C15H18N4O4S2. The Bertz CT molecular complexity index is 1020. The van der Waals surface area contributed by atoms with Crippen LogP contribution in [0.1, 0.15) is 17.6 Å². The number of imidazole rings is 1. The molecule has 0 atom stereocenters. The molecule has 0 aliphatic rings. The molecule has 8 nitrogen and oxygen atoms in total. The van der Waals surface area contributed by atoms with Crippen LogP contribution in [0.2, 0.25) is 0 Å². The summed E-state index contributed by atoms with van der Waals surface area (Å²) in [6.45, 7) is 3.60. The zero-order valence-electron chi connectivity index (χ0n) is 14.2. The lowest BCUT2D eigenvalue weighted by Gasteiger charge is -2.12. The second-order valence-corrected chi connectivity index (χ2v) is 7.86. The third-order valence-corrected chi connectivity index (χ3v) is 6.10. The molecular weight excluding hydrogens is 364 g/mol. The molecule has 3 rings (SSSR count). The topological polar surface area (TPSA) is 94.8 Å². The number of hydrogen-bond acceptors (Lipinski definition) is 7. The second kappa shape index (κ2) is 6.52. The number of hydrogen-bond donors (Lipinski definition) is 1. The second-order valence-electron chi connectivity index (χ2n) is 5.22. The molecule has 10 heteroatoms. The largest absolute Gasteiger partial charge is 0.497 e. The van der Waals surface area contributed by atoms with Gasteiger partial charge in [-0.1, -0.05) is 18.3 Å². The van der Waals surface area contributed by atoms with Crippen LogP contribution in [-0.2, 0) is 16.4 Å². The van der Waals surface area contributed by atoms with Crippen LogP contribution in [-0.4, -0.2) is 37.2 Å². The maximum absolute atomic E-state index is 12.9. The van der Waals surface area contributed by atoms with Crippen molar-refractivity contribution in [2.45, 2.75) is 25.3 Å². The Morgan fingerprint density at radius 2 is 2.04 bits per heavy atom. The first-order chi connectivity index (χ1) is 11.9. The van der Waals surface area contributed by atoms with Crippen molar-refractivity contribution in [3.05, 3.63) is 28.9 Å². The molecule has 2 aromatic heterocycles. The van der Waals surface area contributed by atoms with E-state index in [1.165, 1.54) is 30.1 Å². The minimum Gasteiger partial charge on any atom is -0.497 e. The van der Waals surface area contributed by atoms with Crippen LogP contribution in [0, 0.1) is 6.92 Å². The molecule has 0 aliphatic heterocycles. The predicted octanol–water partition coefficient (Wildman–Crippen LogP) is 2.48. The van der Waals surface area contributed by atoms with Crippen molar-refractivity contribution in [1.29, 1.82) is 0 Å². The van der Waals surface area contributed by atoms with Crippen LogP contribution in [0.25, 0.3) is 4.96 Å². The van der Waals surface area contributed by atoms with E-state index in [9.17, 15) is 8.42 Å². The van der Waals surface area contributed by atoms with Crippen LogP contribution in [0.15, 0.2) is 23.2 Å². The number of nitrogens with one attached hydrogen (secondary N) is 1. The van der Waals surface area contributed by atoms with Crippen LogP contribution in [0.5, 0.6) is 11.5 Å². The molecule has 0 aliphatic carbocycles. The maximum atomic E-state index is 12.9. The molecule has 0 amide bonds. The van der Waals surface area contributed by atoms with Gasteiger partial charge in [-0.25, -0.2) is 4.98 Å². The lowest BCUT2D eigenvalue weighted by atomic mass is 10.3. The van der Waals surface area contributed by atoms with Crippen LogP contribution < -0.4 is 14.2 Å². The number of anilines is 1. The Morgan fingerprint density at radius 1 is 1.28 bits per heavy atom. The van der Waals surface area contributed by atoms with Crippen molar-refractivity contribution in [3.63, 3.8) is 0 Å². The number of methoxy groups -OCH3 is 2. The Kier molecular flexibility index (Phi) is 4.56. The molecule has 0 spiro atoms. The number of nitrogens with zero attached hydrogens (tertiary/aromatic N) is 3. The lowest BCUT2D eigenvalue weighted by molar-refractivity contribution is 0.395. The molecule has 2 heterocycles. The summed E-state index contributed by atoms with van der Waals surface area (Å²) in [6.07, 6.45) is 0.715. The molecule has 0 unspecified atom stereocenters. The molecule has 0 radical (unpaired) electrons. The van der Waals surface area contributed by atoms with Crippen LogP contribution in [0.4, 0.5) is 5.69 Å². The summed E-state index contributed by atoms with van der Waals surface area (Å²) >= 11 is 1.37. The van der Waals surface area contributed by atoms with Crippen LogP contribution >= 0.6 is 11.3 Å². The van der Waals surface area contributed by atoms with Gasteiger partial charge in [0.2, 0.25) is 9.99 Å². The quantitative estimate of drug-likeness (QED) is 0.704. The third-order valence-electron chi connectivity index (χ3n) is 3.58. The number of aryl methyl sites for hydroxylation is 2. The molecule has 0 saturated heterocycles. The summed E-state index contributed by atoms with van der Waals surface area (Å²) in [7, 11) is -0.913. The Hall–Kier alpha value is -2.33. The fourth-order valence-electron chi connectivity index (χ4n) is 2.40.